The summed E-state index contributed by atoms with van der Waals surface area (Å²) in [4.78, 5) is 35.1. The quantitative estimate of drug-likeness (QED) is 0.295. The molecule has 0 aromatic rings. The van der Waals surface area contributed by atoms with Gasteiger partial charge in [-0.3, -0.25) is 9.59 Å². The zero-order valence-electron chi connectivity index (χ0n) is 10.7. The van der Waals surface area contributed by atoms with E-state index in [1.807, 2.05) is 0 Å². The SMILES string of the molecule is CC(=O)/C=C1\C(=O)N2C1SC(C)(C)[C@@H]2C(=O)[O-].[Na+]. The van der Waals surface area contributed by atoms with Crippen molar-refractivity contribution in [1.82, 2.24) is 4.90 Å². The summed E-state index contributed by atoms with van der Waals surface area (Å²) in [7, 11) is 0. The molecular weight excluding hydrogens is 265 g/mol. The van der Waals surface area contributed by atoms with Crippen LogP contribution in [-0.4, -0.2) is 38.7 Å². The molecule has 2 atom stereocenters. The molecule has 7 heteroatoms. The van der Waals surface area contributed by atoms with Crippen LogP contribution in [0.15, 0.2) is 11.6 Å². The Balaban J connectivity index is 0.00000162. The van der Waals surface area contributed by atoms with E-state index in [0.29, 0.717) is 5.57 Å². The second-order valence-electron chi connectivity index (χ2n) is 4.72. The van der Waals surface area contributed by atoms with Crippen molar-refractivity contribution in [2.45, 2.75) is 36.9 Å². The van der Waals surface area contributed by atoms with Crippen LogP contribution in [-0.2, 0) is 14.4 Å². The molecule has 2 aliphatic heterocycles. The fourth-order valence-corrected chi connectivity index (χ4v) is 3.80. The molecule has 0 spiro atoms. The molecule has 0 aromatic carbocycles. The number of carboxylic acid groups (broad SMARTS) is 1. The Morgan fingerprint density at radius 2 is 2.00 bits per heavy atom. The number of thioether (sulfide) groups is 1. The molecule has 0 saturated carbocycles. The van der Waals surface area contributed by atoms with Crippen LogP contribution in [0.5, 0.6) is 0 Å². The fourth-order valence-electron chi connectivity index (χ4n) is 2.25. The van der Waals surface area contributed by atoms with Crippen molar-refractivity contribution in [2.75, 3.05) is 0 Å². The Morgan fingerprint density at radius 3 is 2.44 bits per heavy atom. The van der Waals surface area contributed by atoms with Crippen LogP contribution in [0.2, 0.25) is 0 Å². The van der Waals surface area contributed by atoms with E-state index >= 15 is 0 Å². The second kappa shape index (κ2) is 5.00. The van der Waals surface area contributed by atoms with E-state index in [2.05, 4.69) is 0 Å². The van der Waals surface area contributed by atoms with Gasteiger partial charge >= 0.3 is 29.6 Å². The van der Waals surface area contributed by atoms with E-state index in [0.717, 1.165) is 0 Å². The molecule has 0 N–H and O–H groups in total. The van der Waals surface area contributed by atoms with Gasteiger partial charge < -0.3 is 14.8 Å². The summed E-state index contributed by atoms with van der Waals surface area (Å²) < 4.78 is -0.606. The molecule has 0 bridgehead atoms. The maximum absolute atomic E-state index is 11.8. The van der Waals surface area contributed by atoms with Crippen LogP contribution in [0.25, 0.3) is 0 Å². The Bertz CT molecular complexity index is 460. The number of amides is 1. The van der Waals surface area contributed by atoms with Crippen molar-refractivity contribution < 1.29 is 49.0 Å². The number of rotatable bonds is 2. The maximum atomic E-state index is 11.8. The Morgan fingerprint density at radius 1 is 1.44 bits per heavy atom. The molecule has 18 heavy (non-hydrogen) atoms. The van der Waals surface area contributed by atoms with E-state index in [-0.39, 0.29) is 46.6 Å². The first kappa shape index (κ1) is 15.8. The number of carboxylic acids is 1. The second-order valence-corrected chi connectivity index (χ2v) is 6.45. The van der Waals surface area contributed by atoms with Crippen LogP contribution < -0.4 is 34.7 Å². The van der Waals surface area contributed by atoms with Crippen LogP contribution in [0, 0.1) is 0 Å². The monoisotopic (exact) mass is 277 g/mol. The maximum Gasteiger partial charge on any atom is 1.00 e. The average molecular weight is 277 g/mol. The van der Waals surface area contributed by atoms with Gasteiger partial charge in [0.25, 0.3) is 5.91 Å². The molecule has 0 aliphatic carbocycles. The minimum atomic E-state index is -1.25. The van der Waals surface area contributed by atoms with E-state index < -0.39 is 16.8 Å². The largest absolute Gasteiger partial charge is 1.00 e. The molecule has 0 aromatic heterocycles. The third kappa shape index (κ3) is 2.27. The van der Waals surface area contributed by atoms with E-state index in [9.17, 15) is 19.5 Å². The number of aliphatic carboxylic acids is 1. The van der Waals surface area contributed by atoms with E-state index in [1.165, 1.54) is 29.7 Å². The number of nitrogens with zero attached hydrogens (tertiary/aromatic N) is 1. The van der Waals surface area contributed by atoms with Gasteiger partial charge in [-0.25, -0.2) is 0 Å². The van der Waals surface area contributed by atoms with Gasteiger partial charge in [0.2, 0.25) is 0 Å². The van der Waals surface area contributed by atoms with Crippen molar-refractivity contribution in [1.29, 1.82) is 0 Å². The van der Waals surface area contributed by atoms with Gasteiger partial charge in [0, 0.05) is 4.75 Å². The zero-order chi connectivity index (χ0) is 13.0. The standard InChI is InChI=1S/C11H13NO4S.Na/c1-5(13)4-6-8(14)12-7(10(15)16)11(2,3)17-9(6)12;/h4,7,9H,1-3H3,(H,15,16);/q;+1/p-1/b6-4+;/t7-,9?;/m0./s1. The van der Waals surface area contributed by atoms with Crippen molar-refractivity contribution in [3.05, 3.63) is 11.6 Å². The van der Waals surface area contributed by atoms with Gasteiger partial charge in [0.1, 0.15) is 5.37 Å². The van der Waals surface area contributed by atoms with Crippen LogP contribution in [0.4, 0.5) is 0 Å². The molecule has 92 valence electrons. The Kier molecular flexibility index (Phi) is 4.37. The number of ketones is 1. The molecule has 2 heterocycles. The first-order chi connectivity index (χ1) is 7.75. The topological polar surface area (TPSA) is 77.5 Å². The minimum Gasteiger partial charge on any atom is -0.548 e. The van der Waals surface area contributed by atoms with E-state index in [1.54, 1.807) is 13.8 Å². The van der Waals surface area contributed by atoms with E-state index in [4.69, 9.17) is 0 Å². The number of carbonyl (C=O) groups excluding carboxylic acids is 3. The van der Waals surface area contributed by atoms with Crippen molar-refractivity contribution in [2.24, 2.45) is 0 Å². The number of hydrogen-bond acceptors (Lipinski definition) is 5. The summed E-state index contributed by atoms with van der Waals surface area (Å²) >= 11 is 1.37. The molecule has 0 radical (unpaired) electrons. The van der Waals surface area contributed by atoms with Gasteiger partial charge in [-0.15, -0.1) is 11.8 Å². The number of allylic oxidation sites excluding steroid dienone is 1. The van der Waals surface area contributed by atoms with Crippen molar-refractivity contribution >= 4 is 29.4 Å². The first-order valence-electron chi connectivity index (χ1n) is 5.19. The summed E-state index contributed by atoms with van der Waals surface area (Å²) in [5, 5.41) is 10.7. The number of β-lactam (4-membered cyclic amide) rings is 1. The fraction of sp³-hybridized carbons (Fsp3) is 0.545. The number of carbonyl (C=O) groups is 3. The summed E-state index contributed by atoms with van der Waals surface area (Å²) in [6, 6.07) is -0.936. The molecular formula is C11H12NNaO4S. The summed E-state index contributed by atoms with van der Waals surface area (Å²) in [6.07, 6.45) is 1.28. The third-order valence-corrected chi connectivity index (χ3v) is 4.47. The predicted molar refractivity (Wildman–Crippen MR) is 59.9 cm³/mol. The summed E-state index contributed by atoms with van der Waals surface area (Å²) in [5.74, 6) is -1.83. The first-order valence-corrected chi connectivity index (χ1v) is 6.07. The van der Waals surface area contributed by atoms with Crippen molar-refractivity contribution in [3.8, 4) is 0 Å². The molecule has 2 fully saturated rings. The molecule has 5 nitrogen and oxygen atoms in total. The van der Waals surface area contributed by atoms with Gasteiger partial charge in [-0.05, 0) is 26.8 Å². The van der Waals surface area contributed by atoms with Crippen LogP contribution in [0.3, 0.4) is 0 Å². The Hall–Kier alpha value is -0.300. The van der Waals surface area contributed by atoms with Gasteiger partial charge in [-0.1, -0.05) is 0 Å². The predicted octanol–water partition coefficient (Wildman–Crippen LogP) is -3.68. The molecule has 1 amide bonds. The van der Waals surface area contributed by atoms with Crippen LogP contribution >= 0.6 is 11.8 Å². The average Bonchev–Trinajstić information content (AvgIpc) is 2.43. The van der Waals surface area contributed by atoms with Gasteiger partial charge in [0.15, 0.2) is 5.78 Å². The summed E-state index contributed by atoms with van der Waals surface area (Å²) in [5.41, 5.74) is 0.388. The molecule has 2 rings (SSSR count). The molecule has 2 aliphatic rings. The number of fused-ring (bicyclic) bond motifs is 1. The van der Waals surface area contributed by atoms with Gasteiger partial charge in [0.05, 0.1) is 17.6 Å². The summed E-state index contributed by atoms with van der Waals surface area (Å²) in [6.45, 7) is 4.88. The zero-order valence-corrected chi connectivity index (χ0v) is 13.5. The van der Waals surface area contributed by atoms with Crippen LogP contribution in [0.1, 0.15) is 20.8 Å². The molecule has 1 unspecified atom stereocenters. The Labute approximate surface area is 131 Å². The third-order valence-electron chi connectivity index (χ3n) is 2.93. The smallest absolute Gasteiger partial charge is 0.548 e. The number of hydrogen-bond donors (Lipinski definition) is 0. The van der Waals surface area contributed by atoms with Crippen molar-refractivity contribution in [3.63, 3.8) is 0 Å². The normalized spacial score (nSPS) is 30.5. The van der Waals surface area contributed by atoms with Gasteiger partial charge in [-0.2, -0.15) is 0 Å². The minimum absolute atomic E-state index is 0. The molecule has 2 saturated heterocycles.